The van der Waals surface area contributed by atoms with Crippen LogP contribution in [0.1, 0.15) is 24.3 Å². The Morgan fingerprint density at radius 3 is 2.89 bits per heavy atom. The van der Waals surface area contributed by atoms with E-state index < -0.39 is 0 Å². The molecule has 0 bridgehead atoms. The Morgan fingerprint density at radius 1 is 1.42 bits per heavy atom. The lowest BCUT2D eigenvalue weighted by molar-refractivity contribution is 0.0787. The largest absolute Gasteiger partial charge is 0.459 e. The van der Waals surface area contributed by atoms with Crippen molar-refractivity contribution in [2.75, 3.05) is 13.1 Å². The van der Waals surface area contributed by atoms with Gasteiger partial charge in [-0.1, -0.05) is 0 Å². The molecule has 1 aliphatic heterocycles. The highest BCUT2D eigenvalue weighted by molar-refractivity contribution is 7.13. The second kappa shape index (κ2) is 5.45. The van der Waals surface area contributed by atoms with Gasteiger partial charge in [0.25, 0.3) is 0 Å². The van der Waals surface area contributed by atoms with Gasteiger partial charge in [-0.25, -0.2) is 4.98 Å². The Hall–Kier alpha value is -1.17. The Morgan fingerprint density at radius 2 is 2.21 bits per heavy atom. The van der Waals surface area contributed by atoms with Crippen LogP contribution >= 0.6 is 11.3 Å². The van der Waals surface area contributed by atoms with E-state index in [2.05, 4.69) is 15.3 Å². The van der Waals surface area contributed by atoms with Gasteiger partial charge in [0.05, 0.1) is 11.8 Å². The third-order valence-corrected chi connectivity index (χ3v) is 4.35. The minimum atomic E-state index is -0.117. The number of likely N-dealkylation sites (tertiary alicyclic amines) is 1. The predicted octanol–water partition coefficient (Wildman–Crippen LogP) is 2.67. The Kier molecular flexibility index (Phi) is 3.68. The van der Waals surface area contributed by atoms with Crippen LogP contribution in [-0.2, 0) is 6.54 Å². The number of aryl methyl sites for hydroxylation is 1. The van der Waals surface area contributed by atoms with Crippen molar-refractivity contribution in [3.63, 3.8) is 0 Å². The van der Waals surface area contributed by atoms with Crippen molar-refractivity contribution in [3.05, 3.63) is 29.0 Å². The fraction of sp³-hybridized carbons (Fsp3) is 0.500. The monoisotopic (exact) mass is 278 g/mol. The Labute approximate surface area is 116 Å². The third-order valence-electron chi connectivity index (χ3n) is 3.45. The summed E-state index contributed by atoms with van der Waals surface area (Å²) in [6.45, 7) is 4.71. The van der Waals surface area contributed by atoms with Crippen LogP contribution in [0.25, 0.3) is 10.8 Å². The van der Waals surface area contributed by atoms with E-state index in [1.807, 2.05) is 19.1 Å². The van der Waals surface area contributed by atoms with E-state index in [1.165, 1.54) is 0 Å². The summed E-state index contributed by atoms with van der Waals surface area (Å²) in [5.41, 5.74) is 1.09. The van der Waals surface area contributed by atoms with Gasteiger partial charge in [0.1, 0.15) is 5.76 Å². The quantitative estimate of drug-likeness (QED) is 0.937. The second-order valence-corrected chi connectivity index (χ2v) is 5.92. The molecule has 0 saturated carbocycles. The zero-order valence-corrected chi connectivity index (χ0v) is 11.8. The van der Waals surface area contributed by atoms with Gasteiger partial charge >= 0.3 is 0 Å². The van der Waals surface area contributed by atoms with E-state index in [9.17, 15) is 5.11 Å². The van der Waals surface area contributed by atoms with E-state index in [0.29, 0.717) is 0 Å². The fourth-order valence-corrected chi connectivity index (χ4v) is 3.12. The van der Waals surface area contributed by atoms with E-state index in [1.54, 1.807) is 11.3 Å². The van der Waals surface area contributed by atoms with Crippen molar-refractivity contribution in [1.82, 2.24) is 9.88 Å². The summed E-state index contributed by atoms with van der Waals surface area (Å²) < 4.78 is 5.59. The average Bonchev–Trinajstić information content (AvgIpc) is 3.01. The van der Waals surface area contributed by atoms with Crippen molar-refractivity contribution in [1.29, 1.82) is 0 Å². The molecule has 1 saturated heterocycles. The number of furan rings is 1. The minimum Gasteiger partial charge on any atom is -0.459 e. The van der Waals surface area contributed by atoms with Crippen LogP contribution in [0, 0.1) is 6.92 Å². The molecule has 3 heterocycles. The normalized spacial score (nSPS) is 18.0. The number of aliphatic hydroxyl groups is 1. The fourth-order valence-electron chi connectivity index (χ4n) is 2.35. The first-order valence-electron chi connectivity index (χ1n) is 6.62. The molecule has 3 rings (SSSR count). The number of aromatic nitrogens is 1. The number of nitrogens with zero attached hydrogens (tertiary/aromatic N) is 2. The highest BCUT2D eigenvalue weighted by atomic mass is 32.1. The smallest absolute Gasteiger partial charge is 0.162 e. The summed E-state index contributed by atoms with van der Waals surface area (Å²) in [5.74, 6) is 1.76. The van der Waals surface area contributed by atoms with Crippen LogP contribution in [0.3, 0.4) is 0 Å². The molecule has 102 valence electrons. The van der Waals surface area contributed by atoms with E-state index in [4.69, 9.17) is 4.42 Å². The molecule has 1 fully saturated rings. The van der Waals surface area contributed by atoms with Crippen molar-refractivity contribution in [2.45, 2.75) is 32.4 Å². The van der Waals surface area contributed by atoms with Crippen LogP contribution < -0.4 is 0 Å². The Balaban J connectivity index is 1.65. The molecule has 2 aromatic heterocycles. The van der Waals surface area contributed by atoms with Gasteiger partial charge in [-0.15, -0.1) is 11.3 Å². The van der Waals surface area contributed by atoms with Gasteiger partial charge in [0.2, 0.25) is 0 Å². The van der Waals surface area contributed by atoms with Crippen LogP contribution in [0.5, 0.6) is 0 Å². The molecule has 5 heteroatoms. The average molecular weight is 278 g/mol. The molecule has 0 amide bonds. The number of aliphatic hydroxyl groups excluding tert-OH is 1. The SMILES string of the molecule is Cc1ccc(-c2nc(CN3CCC(O)CC3)cs2)o1. The Bertz CT molecular complexity index is 541. The minimum absolute atomic E-state index is 0.117. The number of hydrogen-bond donors (Lipinski definition) is 1. The van der Waals surface area contributed by atoms with E-state index in [0.717, 1.165) is 54.7 Å². The number of rotatable bonds is 3. The molecule has 1 N–H and O–H groups in total. The highest BCUT2D eigenvalue weighted by Crippen LogP contribution is 2.26. The van der Waals surface area contributed by atoms with Crippen LogP contribution in [0.15, 0.2) is 21.9 Å². The van der Waals surface area contributed by atoms with E-state index >= 15 is 0 Å². The highest BCUT2D eigenvalue weighted by Gasteiger charge is 2.18. The topological polar surface area (TPSA) is 49.5 Å². The first-order chi connectivity index (χ1) is 9.20. The molecule has 0 aromatic carbocycles. The summed E-state index contributed by atoms with van der Waals surface area (Å²) in [6, 6.07) is 3.93. The van der Waals surface area contributed by atoms with Crippen LogP contribution in [0.4, 0.5) is 0 Å². The van der Waals surface area contributed by atoms with Gasteiger partial charge in [0, 0.05) is 25.0 Å². The summed E-state index contributed by atoms with van der Waals surface area (Å²) in [6.07, 6.45) is 1.62. The maximum atomic E-state index is 9.50. The van der Waals surface area contributed by atoms with Crippen molar-refractivity contribution < 1.29 is 9.52 Å². The van der Waals surface area contributed by atoms with Crippen molar-refractivity contribution in [2.24, 2.45) is 0 Å². The van der Waals surface area contributed by atoms with Gasteiger partial charge < -0.3 is 9.52 Å². The molecule has 0 aliphatic carbocycles. The van der Waals surface area contributed by atoms with E-state index in [-0.39, 0.29) is 6.10 Å². The molecule has 0 unspecified atom stereocenters. The molecule has 2 aromatic rings. The van der Waals surface area contributed by atoms with Crippen molar-refractivity contribution >= 4 is 11.3 Å². The molecule has 19 heavy (non-hydrogen) atoms. The maximum absolute atomic E-state index is 9.50. The summed E-state index contributed by atoms with van der Waals surface area (Å²) >= 11 is 1.62. The van der Waals surface area contributed by atoms with Gasteiger partial charge in [-0.3, -0.25) is 4.90 Å². The zero-order chi connectivity index (χ0) is 13.2. The molecule has 1 aliphatic rings. The zero-order valence-electron chi connectivity index (χ0n) is 11.0. The second-order valence-electron chi connectivity index (χ2n) is 5.06. The molecule has 0 spiro atoms. The first kappa shape index (κ1) is 12.8. The first-order valence-corrected chi connectivity index (χ1v) is 7.50. The van der Waals surface area contributed by atoms with Crippen molar-refractivity contribution in [3.8, 4) is 10.8 Å². The molecular weight excluding hydrogens is 260 g/mol. The van der Waals surface area contributed by atoms with Gasteiger partial charge in [0.15, 0.2) is 10.8 Å². The summed E-state index contributed by atoms with van der Waals surface area (Å²) in [5, 5.41) is 12.5. The summed E-state index contributed by atoms with van der Waals surface area (Å²) in [4.78, 5) is 6.97. The molecule has 4 nitrogen and oxygen atoms in total. The number of hydrogen-bond acceptors (Lipinski definition) is 5. The molecular formula is C14H18N2O2S. The number of thiazole rings is 1. The third kappa shape index (κ3) is 3.05. The lowest BCUT2D eigenvalue weighted by Gasteiger charge is -2.28. The summed E-state index contributed by atoms with van der Waals surface area (Å²) in [7, 11) is 0. The lowest BCUT2D eigenvalue weighted by Crippen LogP contribution is -2.35. The number of piperidine rings is 1. The maximum Gasteiger partial charge on any atom is 0.162 e. The van der Waals surface area contributed by atoms with Crippen LogP contribution in [0.2, 0.25) is 0 Å². The lowest BCUT2D eigenvalue weighted by atomic mass is 10.1. The predicted molar refractivity (Wildman–Crippen MR) is 75.1 cm³/mol. The standard InChI is InChI=1S/C14H18N2O2S/c1-10-2-3-13(18-10)14-15-11(9-19-14)8-16-6-4-12(17)5-7-16/h2-3,9,12,17H,4-8H2,1H3. The van der Waals surface area contributed by atoms with Crippen LogP contribution in [-0.4, -0.2) is 34.2 Å². The van der Waals surface area contributed by atoms with Gasteiger partial charge in [-0.05, 0) is 31.9 Å². The van der Waals surface area contributed by atoms with Gasteiger partial charge in [-0.2, -0.15) is 0 Å². The molecule has 0 atom stereocenters. The molecule has 0 radical (unpaired) electrons.